The lowest BCUT2D eigenvalue weighted by Crippen LogP contribution is -2.21. The van der Waals surface area contributed by atoms with Crippen molar-refractivity contribution in [2.45, 2.75) is 20.8 Å². The van der Waals surface area contributed by atoms with Gasteiger partial charge < -0.3 is 10.2 Å². The highest BCUT2D eigenvalue weighted by atomic mass is 32.2. The van der Waals surface area contributed by atoms with E-state index in [4.69, 9.17) is 0 Å². The van der Waals surface area contributed by atoms with Crippen LogP contribution < -0.4 is 10.2 Å². The van der Waals surface area contributed by atoms with Gasteiger partial charge in [-0.3, -0.25) is 0 Å². The van der Waals surface area contributed by atoms with Gasteiger partial charge in [-0.05, 0) is 43.9 Å². The van der Waals surface area contributed by atoms with Gasteiger partial charge in [0.25, 0.3) is 0 Å². The van der Waals surface area contributed by atoms with Crippen LogP contribution in [-0.2, 0) is 0 Å². The van der Waals surface area contributed by atoms with E-state index in [1.807, 2.05) is 11.8 Å². The minimum absolute atomic E-state index is 1.04. The standard InChI is InChI=1S/C14H24N2S/c1-4-16(5-2)14-9-7-13(8-10-14)15-11-12-17-6-3/h7-10,15H,4-6,11-12H2,1-3H3. The summed E-state index contributed by atoms with van der Waals surface area (Å²) in [5.74, 6) is 2.37. The first kappa shape index (κ1) is 14.2. The third-order valence-corrected chi connectivity index (χ3v) is 3.68. The molecule has 0 radical (unpaired) electrons. The van der Waals surface area contributed by atoms with E-state index in [9.17, 15) is 0 Å². The van der Waals surface area contributed by atoms with Crippen LogP contribution >= 0.6 is 11.8 Å². The molecular weight excluding hydrogens is 228 g/mol. The summed E-state index contributed by atoms with van der Waals surface area (Å²) in [5.41, 5.74) is 2.53. The molecule has 1 rings (SSSR count). The van der Waals surface area contributed by atoms with Crippen molar-refractivity contribution in [2.24, 2.45) is 0 Å². The van der Waals surface area contributed by atoms with E-state index in [-0.39, 0.29) is 0 Å². The van der Waals surface area contributed by atoms with Gasteiger partial charge in [-0.1, -0.05) is 6.92 Å². The minimum atomic E-state index is 1.04. The number of nitrogens with zero attached hydrogens (tertiary/aromatic N) is 1. The second-order valence-electron chi connectivity index (χ2n) is 3.84. The average molecular weight is 252 g/mol. The Bertz CT molecular complexity index is 294. The topological polar surface area (TPSA) is 15.3 Å². The summed E-state index contributed by atoms with van der Waals surface area (Å²) in [7, 11) is 0. The van der Waals surface area contributed by atoms with Crippen molar-refractivity contribution in [1.82, 2.24) is 0 Å². The lowest BCUT2D eigenvalue weighted by molar-refractivity contribution is 0.866. The second-order valence-corrected chi connectivity index (χ2v) is 5.24. The van der Waals surface area contributed by atoms with Crippen LogP contribution in [-0.4, -0.2) is 31.1 Å². The average Bonchev–Trinajstić information content (AvgIpc) is 2.38. The van der Waals surface area contributed by atoms with Gasteiger partial charge in [0.2, 0.25) is 0 Å². The van der Waals surface area contributed by atoms with Crippen molar-refractivity contribution in [3.8, 4) is 0 Å². The first-order chi connectivity index (χ1) is 8.31. The number of benzene rings is 1. The molecule has 96 valence electrons. The van der Waals surface area contributed by atoms with E-state index in [0.717, 1.165) is 19.6 Å². The fourth-order valence-corrected chi connectivity index (χ4v) is 2.33. The Morgan fingerprint density at radius 2 is 1.71 bits per heavy atom. The van der Waals surface area contributed by atoms with Crippen LogP contribution in [0, 0.1) is 0 Å². The Labute approximate surface area is 110 Å². The Balaban J connectivity index is 2.44. The molecule has 0 saturated heterocycles. The number of hydrogen-bond acceptors (Lipinski definition) is 3. The number of nitrogens with one attached hydrogen (secondary N) is 1. The van der Waals surface area contributed by atoms with E-state index < -0.39 is 0 Å². The van der Waals surface area contributed by atoms with E-state index >= 15 is 0 Å². The van der Waals surface area contributed by atoms with Crippen molar-refractivity contribution in [2.75, 3.05) is 41.4 Å². The molecule has 3 heteroatoms. The third-order valence-electron chi connectivity index (χ3n) is 2.78. The molecule has 0 atom stereocenters. The van der Waals surface area contributed by atoms with Crippen LogP contribution in [0.4, 0.5) is 11.4 Å². The van der Waals surface area contributed by atoms with Gasteiger partial charge in [-0.15, -0.1) is 0 Å². The normalized spacial score (nSPS) is 10.3. The summed E-state index contributed by atoms with van der Waals surface area (Å²) in [6.07, 6.45) is 0. The maximum absolute atomic E-state index is 3.44. The van der Waals surface area contributed by atoms with E-state index in [1.165, 1.54) is 22.9 Å². The fraction of sp³-hybridized carbons (Fsp3) is 0.571. The quantitative estimate of drug-likeness (QED) is 0.710. The monoisotopic (exact) mass is 252 g/mol. The Morgan fingerprint density at radius 1 is 1.06 bits per heavy atom. The summed E-state index contributed by atoms with van der Waals surface area (Å²) < 4.78 is 0. The molecule has 0 unspecified atom stereocenters. The maximum Gasteiger partial charge on any atom is 0.0367 e. The fourth-order valence-electron chi connectivity index (χ4n) is 1.79. The number of thioether (sulfide) groups is 1. The van der Waals surface area contributed by atoms with Gasteiger partial charge in [0.15, 0.2) is 0 Å². The summed E-state index contributed by atoms with van der Waals surface area (Å²) in [5, 5.41) is 3.44. The summed E-state index contributed by atoms with van der Waals surface area (Å²) in [6, 6.07) is 8.74. The molecule has 0 bridgehead atoms. The van der Waals surface area contributed by atoms with Crippen molar-refractivity contribution < 1.29 is 0 Å². The number of hydrogen-bond donors (Lipinski definition) is 1. The van der Waals surface area contributed by atoms with Crippen LogP contribution in [0.2, 0.25) is 0 Å². The molecule has 17 heavy (non-hydrogen) atoms. The van der Waals surface area contributed by atoms with Crippen LogP contribution in [0.15, 0.2) is 24.3 Å². The maximum atomic E-state index is 3.44. The molecule has 0 saturated carbocycles. The SMILES string of the molecule is CCSCCNc1ccc(N(CC)CC)cc1. The van der Waals surface area contributed by atoms with E-state index in [1.54, 1.807) is 0 Å². The highest BCUT2D eigenvalue weighted by Crippen LogP contribution is 2.17. The first-order valence-electron chi connectivity index (χ1n) is 6.48. The lowest BCUT2D eigenvalue weighted by Gasteiger charge is -2.21. The Hall–Kier alpha value is -0.830. The molecule has 0 fully saturated rings. The summed E-state index contributed by atoms with van der Waals surface area (Å²) in [6.45, 7) is 9.76. The van der Waals surface area contributed by atoms with Crippen LogP contribution in [0.25, 0.3) is 0 Å². The highest BCUT2D eigenvalue weighted by Gasteiger charge is 2.00. The largest absolute Gasteiger partial charge is 0.384 e. The Kier molecular flexibility index (Phi) is 6.94. The second kappa shape index (κ2) is 8.29. The van der Waals surface area contributed by atoms with Crippen molar-refractivity contribution >= 4 is 23.1 Å². The summed E-state index contributed by atoms with van der Waals surface area (Å²) >= 11 is 1.97. The van der Waals surface area contributed by atoms with Crippen LogP contribution in [0.1, 0.15) is 20.8 Å². The molecule has 1 aromatic rings. The van der Waals surface area contributed by atoms with Crippen molar-refractivity contribution in [3.63, 3.8) is 0 Å². The van der Waals surface area contributed by atoms with Crippen LogP contribution in [0.3, 0.4) is 0 Å². The molecule has 0 aliphatic carbocycles. The zero-order chi connectivity index (χ0) is 12.5. The zero-order valence-corrected chi connectivity index (χ0v) is 12.0. The number of rotatable bonds is 8. The van der Waals surface area contributed by atoms with Crippen molar-refractivity contribution in [3.05, 3.63) is 24.3 Å². The predicted octanol–water partition coefficient (Wildman–Crippen LogP) is 3.70. The summed E-state index contributed by atoms with van der Waals surface area (Å²) in [4.78, 5) is 2.36. The molecule has 1 N–H and O–H groups in total. The Morgan fingerprint density at radius 3 is 2.24 bits per heavy atom. The van der Waals surface area contributed by atoms with E-state index in [0.29, 0.717) is 0 Å². The molecule has 0 heterocycles. The van der Waals surface area contributed by atoms with Gasteiger partial charge in [0.05, 0.1) is 0 Å². The first-order valence-corrected chi connectivity index (χ1v) is 7.63. The van der Waals surface area contributed by atoms with E-state index in [2.05, 4.69) is 55.3 Å². The van der Waals surface area contributed by atoms with Gasteiger partial charge in [0.1, 0.15) is 0 Å². The number of anilines is 2. The molecule has 0 aliphatic heterocycles. The smallest absolute Gasteiger partial charge is 0.0367 e. The minimum Gasteiger partial charge on any atom is -0.384 e. The highest BCUT2D eigenvalue weighted by molar-refractivity contribution is 7.99. The molecule has 0 aliphatic rings. The molecule has 0 aromatic heterocycles. The molecule has 0 amide bonds. The van der Waals surface area contributed by atoms with Crippen molar-refractivity contribution in [1.29, 1.82) is 0 Å². The molecule has 2 nitrogen and oxygen atoms in total. The van der Waals surface area contributed by atoms with Gasteiger partial charge in [0, 0.05) is 36.8 Å². The lowest BCUT2D eigenvalue weighted by atomic mass is 10.2. The zero-order valence-electron chi connectivity index (χ0n) is 11.2. The third kappa shape index (κ3) is 4.90. The molecule has 1 aromatic carbocycles. The van der Waals surface area contributed by atoms with Gasteiger partial charge in [-0.2, -0.15) is 11.8 Å². The van der Waals surface area contributed by atoms with Gasteiger partial charge >= 0.3 is 0 Å². The van der Waals surface area contributed by atoms with Crippen LogP contribution in [0.5, 0.6) is 0 Å². The molecule has 0 spiro atoms. The molecular formula is C14H24N2S. The predicted molar refractivity (Wildman–Crippen MR) is 81.5 cm³/mol. The van der Waals surface area contributed by atoms with Gasteiger partial charge in [-0.25, -0.2) is 0 Å².